The first-order chi connectivity index (χ1) is 9.61. The van der Waals surface area contributed by atoms with E-state index < -0.39 is 61.7 Å². The number of aliphatic hydroxyl groups is 4. The van der Waals surface area contributed by atoms with Gasteiger partial charge in [0.1, 0.15) is 24.4 Å². The van der Waals surface area contributed by atoms with Crippen LogP contribution in [0.25, 0.3) is 0 Å². The summed E-state index contributed by atoms with van der Waals surface area (Å²) in [6.07, 6.45) is -5.38. The topological polar surface area (TPSA) is 217 Å². The first-order valence-corrected chi connectivity index (χ1v) is 5.88. The quantitative estimate of drug-likeness (QED) is 0.248. The molecule has 0 spiro atoms. The molecule has 1 aliphatic heterocycles. The molecule has 10 N–H and O–H groups in total. The molecule has 1 fully saturated rings. The van der Waals surface area contributed by atoms with Gasteiger partial charge in [-0.3, -0.25) is 9.59 Å². The third-order valence-corrected chi connectivity index (χ3v) is 2.66. The Balaban J connectivity index is 0.000000400. The lowest BCUT2D eigenvalue weighted by atomic mass is 9.98. The van der Waals surface area contributed by atoms with Crippen LogP contribution in [0.4, 0.5) is 0 Å². The van der Waals surface area contributed by atoms with Gasteiger partial charge in [-0.25, -0.2) is 0 Å². The van der Waals surface area contributed by atoms with Crippen molar-refractivity contribution in [2.45, 2.75) is 43.1 Å². The van der Waals surface area contributed by atoms with Crippen LogP contribution in [-0.4, -0.2) is 85.9 Å². The first kappa shape index (κ1) is 19.7. The number of carbonyl (C=O) groups is 2. The zero-order valence-electron chi connectivity index (χ0n) is 10.9. The van der Waals surface area contributed by atoms with Crippen LogP contribution in [0, 0.1) is 0 Å². The number of hydrogen-bond donors (Lipinski definition) is 8. The van der Waals surface area contributed by atoms with E-state index in [1.165, 1.54) is 0 Å². The van der Waals surface area contributed by atoms with Gasteiger partial charge in [0.2, 0.25) is 0 Å². The molecule has 6 atom stereocenters. The zero-order chi connectivity index (χ0) is 16.7. The number of aliphatic hydroxyl groups excluding tert-OH is 4. The molecule has 124 valence electrons. The number of aliphatic carboxylic acids is 2. The number of rotatable bonds is 4. The summed E-state index contributed by atoms with van der Waals surface area (Å²) in [5.41, 5.74) is 10.1. The standard InChI is InChI=1S/C6H13NO5.C4H7NO4/c7-3-5(10)4(9)2(1-8)12-6(3)11;5-2(4(8)9)1-3(6)7/h2-6,8-11H,1,7H2;2H,1,5H2,(H,6,7)(H,8,9)/t2-,3-,4-,5-,6?;2-/m10/s1. The Bertz CT molecular complexity index is 349. The number of nitrogens with two attached hydrogens (primary N) is 2. The van der Waals surface area contributed by atoms with E-state index >= 15 is 0 Å². The van der Waals surface area contributed by atoms with Crippen LogP contribution >= 0.6 is 0 Å². The van der Waals surface area contributed by atoms with E-state index in [4.69, 9.17) is 36.6 Å². The fourth-order valence-corrected chi connectivity index (χ4v) is 1.39. The van der Waals surface area contributed by atoms with Crippen LogP contribution in [-0.2, 0) is 14.3 Å². The number of carboxylic acids is 2. The summed E-state index contributed by atoms with van der Waals surface area (Å²) in [4.78, 5) is 19.6. The molecule has 0 aromatic heterocycles. The minimum atomic E-state index is -1.35. The SMILES string of the molecule is N[C@@H](CC(=O)O)C(=O)O.N[C@H]1C(O)O[C@H](CO)[C@@H](O)[C@@H]1O. The van der Waals surface area contributed by atoms with Crippen molar-refractivity contribution in [2.75, 3.05) is 6.61 Å². The van der Waals surface area contributed by atoms with Gasteiger partial charge in [0.15, 0.2) is 6.29 Å². The Morgan fingerprint density at radius 1 is 1.14 bits per heavy atom. The molecular weight excluding hydrogens is 292 g/mol. The van der Waals surface area contributed by atoms with E-state index in [1.807, 2.05) is 0 Å². The Hall–Kier alpha value is -1.34. The van der Waals surface area contributed by atoms with Gasteiger partial charge in [0.05, 0.1) is 19.1 Å². The van der Waals surface area contributed by atoms with Gasteiger partial charge in [-0.2, -0.15) is 0 Å². The van der Waals surface area contributed by atoms with E-state index in [-0.39, 0.29) is 0 Å². The highest BCUT2D eigenvalue weighted by molar-refractivity contribution is 5.80. The molecule has 11 nitrogen and oxygen atoms in total. The van der Waals surface area contributed by atoms with Crippen LogP contribution in [0.5, 0.6) is 0 Å². The average Bonchev–Trinajstić information content (AvgIpc) is 2.40. The second-order valence-electron chi connectivity index (χ2n) is 4.35. The summed E-state index contributed by atoms with van der Waals surface area (Å²) in [5, 5.41) is 52.1. The largest absolute Gasteiger partial charge is 0.481 e. The molecule has 0 bridgehead atoms. The molecule has 0 aromatic rings. The van der Waals surface area contributed by atoms with Gasteiger partial charge in [0, 0.05) is 0 Å². The molecule has 1 aliphatic rings. The summed E-state index contributed by atoms with van der Waals surface area (Å²) in [6.45, 7) is -0.470. The van der Waals surface area contributed by atoms with Crippen LogP contribution in [0.15, 0.2) is 0 Å². The molecule has 0 aliphatic carbocycles. The maximum Gasteiger partial charge on any atom is 0.321 e. The maximum atomic E-state index is 9.85. The van der Waals surface area contributed by atoms with Gasteiger partial charge in [0.25, 0.3) is 0 Å². The number of carboxylic acid groups (broad SMARTS) is 2. The van der Waals surface area contributed by atoms with E-state index in [0.717, 1.165) is 0 Å². The second-order valence-corrected chi connectivity index (χ2v) is 4.35. The van der Waals surface area contributed by atoms with E-state index in [2.05, 4.69) is 0 Å². The smallest absolute Gasteiger partial charge is 0.321 e. The molecular formula is C10H20N2O9. The molecule has 1 unspecified atom stereocenters. The van der Waals surface area contributed by atoms with Crippen molar-refractivity contribution in [1.82, 2.24) is 0 Å². The summed E-state index contributed by atoms with van der Waals surface area (Å²) in [6, 6.07) is -2.33. The van der Waals surface area contributed by atoms with Crippen molar-refractivity contribution >= 4 is 11.9 Å². The summed E-state index contributed by atoms with van der Waals surface area (Å²) in [5.74, 6) is -2.50. The molecule has 21 heavy (non-hydrogen) atoms. The van der Waals surface area contributed by atoms with E-state index in [0.29, 0.717) is 0 Å². The third-order valence-electron chi connectivity index (χ3n) is 2.66. The fourth-order valence-electron chi connectivity index (χ4n) is 1.39. The molecule has 1 saturated heterocycles. The molecule has 1 rings (SSSR count). The Labute approximate surface area is 119 Å². The average molecular weight is 312 g/mol. The van der Waals surface area contributed by atoms with Gasteiger partial charge >= 0.3 is 11.9 Å². The van der Waals surface area contributed by atoms with Crippen LogP contribution in [0.2, 0.25) is 0 Å². The second kappa shape index (κ2) is 8.84. The lowest BCUT2D eigenvalue weighted by Crippen LogP contribution is -2.61. The predicted octanol–water partition coefficient (Wildman–Crippen LogP) is -4.38. The molecule has 1 heterocycles. The minimum Gasteiger partial charge on any atom is -0.481 e. The summed E-state index contributed by atoms with van der Waals surface area (Å²) >= 11 is 0. The molecule has 0 saturated carbocycles. The van der Waals surface area contributed by atoms with Gasteiger partial charge in [-0.1, -0.05) is 0 Å². The van der Waals surface area contributed by atoms with Crippen molar-refractivity contribution in [3.63, 3.8) is 0 Å². The van der Waals surface area contributed by atoms with Crippen molar-refractivity contribution in [3.05, 3.63) is 0 Å². The first-order valence-electron chi connectivity index (χ1n) is 5.88. The summed E-state index contributed by atoms with van der Waals surface area (Å²) < 4.78 is 4.70. The van der Waals surface area contributed by atoms with Gasteiger partial charge in [-0.05, 0) is 0 Å². The Morgan fingerprint density at radius 2 is 1.67 bits per heavy atom. The van der Waals surface area contributed by atoms with E-state index in [9.17, 15) is 19.8 Å². The Kier molecular flexibility index (Phi) is 8.27. The number of ether oxygens (including phenoxy) is 1. The highest BCUT2D eigenvalue weighted by atomic mass is 16.6. The lowest BCUT2D eigenvalue weighted by molar-refractivity contribution is -0.248. The van der Waals surface area contributed by atoms with Crippen LogP contribution < -0.4 is 11.5 Å². The minimum absolute atomic E-state index is 0.470. The highest BCUT2D eigenvalue weighted by Gasteiger charge is 2.41. The molecule has 0 aromatic carbocycles. The van der Waals surface area contributed by atoms with E-state index in [1.54, 1.807) is 0 Å². The van der Waals surface area contributed by atoms with Crippen molar-refractivity contribution in [3.8, 4) is 0 Å². The zero-order valence-corrected chi connectivity index (χ0v) is 10.9. The molecule has 0 radical (unpaired) electrons. The fraction of sp³-hybridized carbons (Fsp3) is 0.800. The van der Waals surface area contributed by atoms with Gasteiger partial charge in [-0.15, -0.1) is 0 Å². The van der Waals surface area contributed by atoms with Crippen molar-refractivity contribution in [1.29, 1.82) is 0 Å². The monoisotopic (exact) mass is 312 g/mol. The summed E-state index contributed by atoms with van der Waals surface area (Å²) in [7, 11) is 0. The van der Waals surface area contributed by atoms with Crippen molar-refractivity contribution in [2.24, 2.45) is 11.5 Å². The lowest BCUT2D eigenvalue weighted by Gasteiger charge is -2.38. The van der Waals surface area contributed by atoms with Gasteiger partial charge < -0.3 is 46.8 Å². The molecule has 0 amide bonds. The van der Waals surface area contributed by atoms with Crippen LogP contribution in [0.3, 0.4) is 0 Å². The highest BCUT2D eigenvalue weighted by Crippen LogP contribution is 2.17. The maximum absolute atomic E-state index is 9.85. The normalized spacial score (nSPS) is 33.5. The predicted molar refractivity (Wildman–Crippen MR) is 65.8 cm³/mol. The number of hydrogen-bond acceptors (Lipinski definition) is 9. The Morgan fingerprint density at radius 3 is 2.00 bits per heavy atom. The molecule has 11 heteroatoms. The third kappa shape index (κ3) is 6.31. The van der Waals surface area contributed by atoms with Crippen LogP contribution in [0.1, 0.15) is 6.42 Å². The van der Waals surface area contributed by atoms with Crippen molar-refractivity contribution < 1.29 is 45.0 Å².